The van der Waals surface area contributed by atoms with E-state index in [1.807, 2.05) is 42.5 Å². The molecule has 0 bridgehead atoms. The molecule has 2 atom stereocenters. The second-order valence-electron chi connectivity index (χ2n) is 6.82. The Kier molecular flexibility index (Phi) is 5.77. The summed E-state index contributed by atoms with van der Waals surface area (Å²) in [6.45, 7) is 4.42. The largest absolute Gasteiger partial charge is 0.465 e. The summed E-state index contributed by atoms with van der Waals surface area (Å²) in [5.74, 6) is -1.64. The molecule has 0 aliphatic carbocycles. The van der Waals surface area contributed by atoms with E-state index in [1.165, 1.54) is 0 Å². The molecule has 2 aromatic carbocycles. The van der Waals surface area contributed by atoms with Gasteiger partial charge < -0.3 is 9.47 Å². The lowest BCUT2D eigenvalue weighted by Gasteiger charge is -2.31. The summed E-state index contributed by atoms with van der Waals surface area (Å²) in [6.07, 6.45) is 0.756. The molecule has 0 fully saturated rings. The first-order valence-corrected chi connectivity index (χ1v) is 9.49. The smallest absolute Gasteiger partial charge is 0.326 e. The topological polar surface area (TPSA) is 52.6 Å². The van der Waals surface area contributed by atoms with Gasteiger partial charge in [-0.3, -0.25) is 9.59 Å². The first-order chi connectivity index (χ1) is 12.5. The van der Waals surface area contributed by atoms with Crippen molar-refractivity contribution in [1.82, 2.24) is 0 Å². The third kappa shape index (κ3) is 3.98. The molecule has 3 rings (SSSR count). The van der Waals surface area contributed by atoms with Crippen molar-refractivity contribution in [3.05, 3.63) is 64.1 Å². The van der Waals surface area contributed by atoms with Crippen LogP contribution in [0.4, 0.5) is 0 Å². The van der Waals surface area contributed by atoms with Gasteiger partial charge in [-0.1, -0.05) is 60.1 Å². The lowest BCUT2D eigenvalue weighted by Crippen LogP contribution is -2.39. The van der Waals surface area contributed by atoms with Crippen LogP contribution in [0.25, 0.3) is 0 Å². The monoisotopic (exact) mass is 416 g/mol. The second kappa shape index (κ2) is 8.04. The number of hydrogen-bond donors (Lipinski definition) is 0. The number of fused-ring (bicyclic) bond motifs is 1. The zero-order valence-electron chi connectivity index (χ0n) is 14.8. The minimum Gasteiger partial charge on any atom is -0.465 e. The van der Waals surface area contributed by atoms with Crippen molar-refractivity contribution >= 4 is 27.9 Å². The van der Waals surface area contributed by atoms with Gasteiger partial charge in [-0.25, -0.2) is 0 Å². The molecule has 2 aromatic rings. The molecular formula is C21H21BrO4. The molecule has 1 aliphatic heterocycles. The highest BCUT2D eigenvalue weighted by atomic mass is 79.9. The van der Waals surface area contributed by atoms with E-state index in [9.17, 15) is 9.59 Å². The fraction of sp³-hybridized carbons (Fsp3) is 0.333. The molecule has 0 saturated carbocycles. The van der Waals surface area contributed by atoms with E-state index in [-0.39, 0.29) is 0 Å². The summed E-state index contributed by atoms with van der Waals surface area (Å²) in [5.41, 5.74) is 1.69. The van der Waals surface area contributed by atoms with Crippen LogP contribution in [0.5, 0.6) is 5.75 Å². The number of benzene rings is 2. The number of carbonyl (C=O) groups excluding carboxylic acids is 2. The summed E-state index contributed by atoms with van der Waals surface area (Å²) < 4.78 is 11.7. The average Bonchev–Trinajstić information content (AvgIpc) is 2.61. The zero-order chi connectivity index (χ0) is 18.7. The van der Waals surface area contributed by atoms with Crippen LogP contribution in [0.1, 0.15) is 37.3 Å². The molecule has 1 aliphatic rings. The van der Waals surface area contributed by atoms with Crippen LogP contribution in [0.2, 0.25) is 0 Å². The molecule has 4 nitrogen and oxygen atoms in total. The highest BCUT2D eigenvalue weighted by Crippen LogP contribution is 2.43. The molecule has 0 spiro atoms. The third-order valence-electron chi connectivity index (χ3n) is 4.46. The lowest BCUT2D eigenvalue weighted by atomic mass is 9.78. The lowest BCUT2D eigenvalue weighted by molar-refractivity contribution is -0.159. The van der Waals surface area contributed by atoms with Gasteiger partial charge in [0.05, 0.1) is 6.61 Å². The van der Waals surface area contributed by atoms with Crippen LogP contribution < -0.4 is 4.74 Å². The Morgan fingerprint density at radius 2 is 1.92 bits per heavy atom. The van der Waals surface area contributed by atoms with E-state index in [0.29, 0.717) is 18.3 Å². The number of halogens is 1. The average molecular weight is 417 g/mol. The van der Waals surface area contributed by atoms with Crippen LogP contribution in [-0.4, -0.2) is 18.5 Å². The fourth-order valence-corrected chi connectivity index (χ4v) is 3.47. The Morgan fingerprint density at radius 1 is 1.19 bits per heavy atom. The molecule has 5 heteroatoms. The van der Waals surface area contributed by atoms with Gasteiger partial charge in [0.2, 0.25) is 0 Å². The normalized spacial score (nSPS) is 19.0. The van der Waals surface area contributed by atoms with Crippen LogP contribution >= 0.6 is 15.9 Å². The van der Waals surface area contributed by atoms with Gasteiger partial charge in [-0.15, -0.1) is 0 Å². The maximum atomic E-state index is 12.7. The van der Waals surface area contributed by atoms with Gasteiger partial charge in [0.15, 0.2) is 5.92 Å². The van der Waals surface area contributed by atoms with Gasteiger partial charge in [-0.05, 0) is 36.1 Å². The van der Waals surface area contributed by atoms with Gasteiger partial charge in [-0.2, -0.15) is 0 Å². The van der Waals surface area contributed by atoms with Crippen LogP contribution in [0.3, 0.4) is 0 Å². The Labute approximate surface area is 161 Å². The molecule has 1 heterocycles. The number of carbonyl (C=O) groups is 2. The van der Waals surface area contributed by atoms with E-state index in [2.05, 4.69) is 29.8 Å². The number of hydrogen-bond acceptors (Lipinski definition) is 4. The van der Waals surface area contributed by atoms with Gasteiger partial charge in [0.25, 0.3) is 0 Å². The Hall–Kier alpha value is -2.14. The van der Waals surface area contributed by atoms with Crippen LogP contribution in [0, 0.1) is 11.8 Å². The van der Waals surface area contributed by atoms with E-state index in [4.69, 9.17) is 9.47 Å². The maximum Gasteiger partial charge on any atom is 0.326 e. The Bertz CT molecular complexity index is 801. The summed E-state index contributed by atoms with van der Waals surface area (Å²) in [6, 6.07) is 15.0. The van der Waals surface area contributed by atoms with Crippen LogP contribution in [-0.2, 0) is 14.3 Å². The summed E-state index contributed by atoms with van der Waals surface area (Å²) >= 11 is 3.46. The first-order valence-electron chi connectivity index (χ1n) is 8.70. The highest BCUT2D eigenvalue weighted by Gasteiger charge is 2.44. The predicted octanol–water partition coefficient (Wildman–Crippen LogP) is 4.71. The Morgan fingerprint density at radius 3 is 2.62 bits per heavy atom. The number of esters is 2. The van der Waals surface area contributed by atoms with Crippen molar-refractivity contribution in [1.29, 1.82) is 0 Å². The predicted molar refractivity (Wildman–Crippen MR) is 102 cm³/mol. The SMILES string of the molecule is CC(C)CCOC(=O)C1C(=O)Oc2ccc(Br)cc2C1c1ccccc1. The van der Waals surface area contributed by atoms with Gasteiger partial charge >= 0.3 is 11.9 Å². The van der Waals surface area contributed by atoms with E-state index in [1.54, 1.807) is 6.07 Å². The molecule has 136 valence electrons. The van der Waals surface area contributed by atoms with Crippen molar-refractivity contribution in [3.63, 3.8) is 0 Å². The van der Waals surface area contributed by atoms with E-state index >= 15 is 0 Å². The van der Waals surface area contributed by atoms with Crippen molar-refractivity contribution in [3.8, 4) is 5.75 Å². The molecule has 0 aromatic heterocycles. The molecule has 0 radical (unpaired) electrons. The molecule has 26 heavy (non-hydrogen) atoms. The first kappa shape index (κ1) is 18.6. The standard InChI is InChI=1S/C21H21BrO4/c1-13(2)10-11-25-20(23)19-18(14-6-4-3-5-7-14)16-12-15(22)8-9-17(16)26-21(19)24/h3-9,12-13,18-19H,10-11H2,1-2H3. The summed E-state index contributed by atoms with van der Waals surface area (Å²) in [5, 5.41) is 0. The maximum absolute atomic E-state index is 12.7. The van der Waals surface area contributed by atoms with E-state index < -0.39 is 23.8 Å². The summed E-state index contributed by atoms with van der Waals surface area (Å²) in [7, 11) is 0. The third-order valence-corrected chi connectivity index (χ3v) is 4.95. The second-order valence-corrected chi connectivity index (χ2v) is 7.73. The van der Waals surface area contributed by atoms with E-state index in [0.717, 1.165) is 22.0 Å². The minimum absolute atomic E-state index is 0.299. The molecular weight excluding hydrogens is 396 g/mol. The highest BCUT2D eigenvalue weighted by molar-refractivity contribution is 9.10. The van der Waals surface area contributed by atoms with Crippen molar-refractivity contribution in [2.45, 2.75) is 26.2 Å². The number of ether oxygens (including phenoxy) is 2. The minimum atomic E-state index is -1.01. The molecule has 0 saturated heterocycles. The molecule has 2 unspecified atom stereocenters. The molecule has 0 N–H and O–H groups in total. The summed E-state index contributed by atoms with van der Waals surface area (Å²) in [4.78, 5) is 25.4. The van der Waals surface area contributed by atoms with Gasteiger partial charge in [0.1, 0.15) is 5.75 Å². The quantitative estimate of drug-likeness (QED) is 0.402. The van der Waals surface area contributed by atoms with Crippen molar-refractivity contribution < 1.29 is 19.1 Å². The van der Waals surface area contributed by atoms with Gasteiger partial charge in [0, 0.05) is 16.0 Å². The molecule has 0 amide bonds. The number of rotatable bonds is 5. The van der Waals surface area contributed by atoms with Crippen molar-refractivity contribution in [2.75, 3.05) is 6.61 Å². The zero-order valence-corrected chi connectivity index (χ0v) is 16.4. The fourth-order valence-electron chi connectivity index (χ4n) is 3.09. The van der Waals surface area contributed by atoms with Crippen molar-refractivity contribution in [2.24, 2.45) is 11.8 Å². The Balaban J connectivity index is 1.98. The van der Waals surface area contributed by atoms with Crippen LogP contribution in [0.15, 0.2) is 53.0 Å².